The molecule has 126 valence electrons. The highest BCUT2D eigenvalue weighted by molar-refractivity contribution is 5.85. The van der Waals surface area contributed by atoms with Gasteiger partial charge in [0.25, 0.3) is 0 Å². The largest absolute Gasteiger partial charge is 0.459 e. The number of aryl methyl sites for hydroxylation is 1. The third-order valence-electron chi connectivity index (χ3n) is 4.94. The topological polar surface area (TPSA) is 68.3 Å². The van der Waals surface area contributed by atoms with E-state index < -0.39 is 5.54 Å². The smallest absolute Gasteiger partial charge is 0.225 e. The lowest BCUT2D eigenvalue weighted by Crippen LogP contribution is -2.52. The van der Waals surface area contributed by atoms with Crippen LogP contribution < -0.4 is 11.1 Å². The van der Waals surface area contributed by atoms with Gasteiger partial charge < -0.3 is 15.5 Å². The van der Waals surface area contributed by atoms with Crippen LogP contribution in [0.15, 0.2) is 28.7 Å². The summed E-state index contributed by atoms with van der Waals surface area (Å²) >= 11 is 0. The molecule has 4 nitrogen and oxygen atoms in total. The van der Waals surface area contributed by atoms with Crippen LogP contribution in [0.5, 0.6) is 0 Å². The van der Waals surface area contributed by atoms with Crippen LogP contribution in [-0.4, -0.2) is 11.4 Å². The third-order valence-corrected chi connectivity index (χ3v) is 4.94. The average Bonchev–Trinajstić information content (AvgIpc) is 2.81. The van der Waals surface area contributed by atoms with E-state index in [-0.39, 0.29) is 24.2 Å². The molecule has 1 fully saturated rings. The average molecular weight is 337 g/mol. The maximum atomic E-state index is 12.5. The second-order valence-corrected chi connectivity index (χ2v) is 6.67. The molecule has 0 saturated heterocycles. The molecule has 3 rings (SSSR count). The van der Waals surface area contributed by atoms with E-state index >= 15 is 0 Å². The summed E-state index contributed by atoms with van der Waals surface area (Å²) in [7, 11) is 0. The Morgan fingerprint density at radius 3 is 2.83 bits per heavy atom. The van der Waals surface area contributed by atoms with Crippen molar-refractivity contribution in [1.82, 2.24) is 5.32 Å². The highest BCUT2D eigenvalue weighted by atomic mass is 35.5. The minimum Gasteiger partial charge on any atom is -0.459 e. The number of rotatable bonds is 3. The number of hydrogen-bond acceptors (Lipinski definition) is 3. The van der Waals surface area contributed by atoms with Crippen molar-refractivity contribution >= 4 is 29.3 Å². The normalized spacial score (nSPS) is 24.2. The zero-order valence-electron chi connectivity index (χ0n) is 13.7. The number of nitrogens with one attached hydrogen (secondary N) is 1. The number of benzene rings is 1. The summed E-state index contributed by atoms with van der Waals surface area (Å²) < 4.78 is 5.84. The Labute approximate surface area is 143 Å². The second kappa shape index (κ2) is 6.93. The minimum absolute atomic E-state index is 0. The molecular formula is C18H25ClN2O2. The molecule has 2 atom stereocenters. The van der Waals surface area contributed by atoms with E-state index in [9.17, 15) is 4.79 Å². The number of furan rings is 1. The fraction of sp³-hybridized carbons (Fsp3) is 0.500. The first-order valence-electron chi connectivity index (χ1n) is 8.02. The summed E-state index contributed by atoms with van der Waals surface area (Å²) in [5.41, 5.74) is 7.86. The molecule has 1 aliphatic carbocycles. The van der Waals surface area contributed by atoms with Gasteiger partial charge in [-0.15, -0.1) is 12.4 Å². The van der Waals surface area contributed by atoms with Crippen LogP contribution in [0.3, 0.4) is 0 Å². The second-order valence-electron chi connectivity index (χ2n) is 6.67. The van der Waals surface area contributed by atoms with Gasteiger partial charge in [-0.2, -0.15) is 0 Å². The number of fused-ring (bicyclic) bond motifs is 1. The Morgan fingerprint density at radius 1 is 1.39 bits per heavy atom. The summed E-state index contributed by atoms with van der Waals surface area (Å²) in [5, 5.41) is 4.12. The van der Waals surface area contributed by atoms with Crippen molar-refractivity contribution in [3.8, 4) is 0 Å². The molecule has 1 amide bonds. The van der Waals surface area contributed by atoms with Gasteiger partial charge in [-0.05, 0) is 32.8 Å². The van der Waals surface area contributed by atoms with E-state index in [0.717, 1.165) is 48.0 Å². The maximum absolute atomic E-state index is 12.5. The fourth-order valence-electron chi connectivity index (χ4n) is 3.47. The summed E-state index contributed by atoms with van der Waals surface area (Å²) in [6.45, 7) is 4.44. The van der Waals surface area contributed by atoms with Crippen molar-refractivity contribution in [3.63, 3.8) is 0 Å². The van der Waals surface area contributed by atoms with Gasteiger partial charge in [0.05, 0.1) is 12.5 Å². The van der Waals surface area contributed by atoms with Gasteiger partial charge >= 0.3 is 0 Å². The lowest BCUT2D eigenvalue weighted by molar-refractivity contribution is -0.128. The molecule has 1 heterocycles. The zero-order chi connectivity index (χ0) is 15.7. The maximum Gasteiger partial charge on any atom is 0.225 e. The first-order valence-corrected chi connectivity index (χ1v) is 8.02. The quantitative estimate of drug-likeness (QED) is 0.898. The predicted octanol–water partition coefficient (Wildman–Crippen LogP) is 3.69. The number of para-hydroxylation sites is 1. The first kappa shape index (κ1) is 17.8. The molecule has 2 unspecified atom stereocenters. The summed E-state index contributed by atoms with van der Waals surface area (Å²) in [5.74, 6) is 0.763. The number of carbonyl (C=O) groups is 1. The van der Waals surface area contributed by atoms with Crippen LogP contribution in [0.25, 0.3) is 11.0 Å². The third kappa shape index (κ3) is 3.54. The molecule has 5 heteroatoms. The number of hydrogen-bond donors (Lipinski definition) is 2. The van der Waals surface area contributed by atoms with Crippen LogP contribution >= 0.6 is 12.4 Å². The molecule has 1 aromatic carbocycles. The highest BCUT2D eigenvalue weighted by Crippen LogP contribution is 2.32. The Kier molecular flexibility index (Phi) is 5.37. The van der Waals surface area contributed by atoms with Gasteiger partial charge in [0, 0.05) is 16.5 Å². The molecule has 2 aromatic rings. The van der Waals surface area contributed by atoms with E-state index in [1.54, 1.807) is 0 Å². The van der Waals surface area contributed by atoms with E-state index in [0.29, 0.717) is 6.54 Å². The van der Waals surface area contributed by atoms with E-state index in [2.05, 4.69) is 5.32 Å². The van der Waals surface area contributed by atoms with Crippen LogP contribution in [-0.2, 0) is 11.3 Å². The Morgan fingerprint density at radius 2 is 2.13 bits per heavy atom. The molecule has 3 N–H and O–H groups in total. The van der Waals surface area contributed by atoms with Crippen LogP contribution in [0.2, 0.25) is 0 Å². The molecule has 23 heavy (non-hydrogen) atoms. The summed E-state index contributed by atoms with van der Waals surface area (Å²) in [4.78, 5) is 12.5. The lowest BCUT2D eigenvalue weighted by atomic mass is 9.74. The number of amides is 1. The SMILES string of the molecule is Cc1c(CNC(=O)C2CCCCC2(C)N)oc2ccccc12.Cl. The Bertz CT molecular complexity index is 693. The molecule has 0 bridgehead atoms. The number of carbonyl (C=O) groups excluding carboxylic acids is 1. The highest BCUT2D eigenvalue weighted by Gasteiger charge is 2.37. The van der Waals surface area contributed by atoms with Crippen molar-refractivity contribution < 1.29 is 9.21 Å². The van der Waals surface area contributed by atoms with Crippen molar-refractivity contribution in [1.29, 1.82) is 0 Å². The van der Waals surface area contributed by atoms with Gasteiger partial charge in [0.15, 0.2) is 0 Å². The van der Waals surface area contributed by atoms with E-state index in [4.69, 9.17) is 10.2 Å². The van der Waals surface area contributed by atoms with Crippen LogP contribution in [0, 0.1) is 12.8 Å². The molecule has 0 aliphatic heterocycles. The number of nitrogens with two attached hydrogens (primary N) is 1. The van der Waals surface area contributed by atoms with E-state index in [1.807, 2.05) is 38.1 Å². The summed E-state index contributed by atoms with van der Waals surface area (Å²) in [6, 6.07) is 7.94. The minimum atomic E-state index is -0.398. The van der Waals surface area contributed by atoms with Gasteiger partial charge in [0.2, 0.25) is 5.91 Å². The van der Waals surface area contributed by atoms with Gasteiger partial charge in [-0.25, -0.2) is 0 Å². The van der Waals surface area contributed by atoms with Crippen LogP contribution in [0.4, 0.5) is 0 Å². The van der Waals surface area contributed by atoms with E-state index in [1.165, 1.54) is 0 Å². The molecular weight excluding hydrogens is 312 g/mol. The van der Waals surface area contributed by atoms with Crippen molar-refractivity contribution in [2.45, 2.75) is 51.6 Å². The van der Waals surface area contributed by atoms with Crippen LogP contribution in [0.1, 0.15) is 43.9 Å². The molecule has 1 aromatic heterocycles. The van der Waals surface area contributed by atoms with Gasteiger partial charge in [-0.3, -0.25) is 4.79 Å². The Balaban J connectivity index is 0.00000192. The van der Waals surface area contributed by atoms with Crippen molar-refractivity contribution in [3.05, 3.63) is 35.6 Å². The van der Waals surface area contributed by atoms with Gasteiger partial charge in [-0.1, -0.05) is 31.0 Å². The number of halogens is 1. The standard InChI is InChI=1S/C18H24N2O2.ClH/c1-12-13-7-3-4-9-15(13)22-16(12)11-20-17(21)14-8-5-6-10-18(14,2)19;/h3-4,7,9,14H,5-6,8,10-11,19H2,1-2H3,(H,20,21);1H. The molecule has 1 aliphatic rings. The molecule has 0 spiro atoms. The van der Waals surface area contributed by atoms with Crippen molar-refractivity contribution in [2.75, 3.05) is 0 Å². The van der Waals surface area contributed by atoms with Gasteiger partial charge in [0.1, 0.15) is 11.3 Å². The lowest BCUT2D eigenvalue weighted by Gasteiger charge is -2.37. The summed E-state index contributed by atoms with van der Waals surface area (Å²) in [6.07, 6.45) is 3.97. The van der Waals surface area contributed by atoms with Crippen molar-refractivity contribution in [2.24, 2.45) is 11.7 Å². The Hall–Kier alpha value is -1.52. The fourth-order valence-corrected chi connectivity index (χ4v) is 3.47. The first-order chi connectivity index (χ1) is 10.5. The zero-order valence-corrected chi connectivity index (χ0v) is 14.5. The molecule has 1 saturated carbocycles. The predicted molar refractivity (Wildman–Crippen MR) is 94.6 cm³/mol. The monoisotopic (exact) mass is 336 g/mol. The molecule has 0 radical (unpaired) electrons.